The quantitative estimate of drug-likeness (QED) is 0.487. The van der Waals surface area contributed by atoms with Crippen molar-refractivity contribution in [3.05, 3.63) is 96.7 Å². The van der Waals surface area contributed by atoms with E-state index in [4.69, 9.17) is 0 Å². The van der Waals surface area contributed by atoms with Crippen LogP contribution >= 0.6 is 27.3 Å². The smallest absolute Gasteiger partial charge is 0.290 e. The number of hydrogen-bond acceptors (Lipinski definition) is 5. The van der Waals surface area contributed by atoms with Gasteiger partial charge in [0.25, 0.3) is 5.91 Å². The van der Waals surface area contributed by atoms with E-state index in [-0.39, 0.29) is 16.3 Å². The van der Waals surface area contributed by atoms with Crippen LogP contribution in [0.25, 0.3) is 0 Å². The van der Waals surface area contributed by atoms with Crippen LogP contribution in [-0.4, -0.2) is 24.3 Å². The number of thiophene rings is 1. The standard InChI is InChI=1S/C23H20BrNO4S2/c1-14-3-7-16(8-4-14)12-25-20(19-11-17(24)13-30-19)22(21(26)23(25)27)31(28,29)18-9-5-15(2)6-10-18/h3-11,13,20,26H,12H2,1-2H3. The van der Waals surface area contributed by atoms with Crippen molar-refractivity contribution in [3.63, 3.8) is 0 Å². The minimum Gasteiger partial charge on any atom is -0.502 e. The first-order chi connectivity index (χ1) is 14.7. The molecule has 5 nitrogen and oxygen atoms in total. The number of aliphatic hydroxyl groups excluding tert-OH is 1. The molecule has 0 fully saturated rings. The first-order valence-corrected chi connectivity index (χ1v) is 12.7. The molecule has 0 aliphatic carbocycles. The van der Waals surface area contributed by atoms with Crippen LogP contribution in [0.1, 0.15) is 27.6 Å². The van der Waals surface area contributed by atoms with Crippen molar-refractivity contribution >= 4 is 43.0 Å². The molecule has 8 heteroatoms. The summed E-state index contributed by atoms with van der Waals surface area (Å²) in [6.07, 6.45) is 0. The van der Waals surface area contributed by atoms with Gasteiger partial charge in [-0.2, -0.15) is 0 Å². The fraction of sp³-hybridized carbons (Fsp3) is 0.174. The molecule has 160 valence electrons. The Labute approximate surface area is 193 Å². The van der Waals surface area contributed by atoms with E-state index >= 15 is 0 Å². The number of nitrogens with zero attached hydrogens (tertiary/aromatic N) is 1. The lowest BCUT2D eigenvalue weighted by Crippen LogP contribution is -2.30. The number of hydrogen-bond donors (Lipinski definition) is 1. The van der Waals surface area contributed by atoms with Crippen molar-refractivity contribution in [1.82, 2.24) is 4.90 Å². The molecule has 0 spiro atoms. The summed E-state index contributed by atoms with van der Waals surface area (Å²) in [5, 5.41) is 12.6. The molecule has 2 aromatic carbocycles. The molecule has 31 heavy (non-hydrogen) atoms. The lowest BCUT2D eigenvalue weighted by Gasteiger charge is -2.26. The summed E-state index contributed by atoms with van der Waals surface area (Å²) in [5.41, 5.74) is 2.85. The second kappa shape index (κ2) is 8.26. The van der Waals surface area contributed by atoms with Gasteiger partial charge in [0.15, 0.2) is 5.76 Å². The molecule has 1 amide bonds. The van der Waals surface area contributed by atoms with Crippen molar-refractivity contribution in [2.45, 2.75) is 31.3 Å². The Morgan fingerprint density at radius 1 is 1.03 bits per heavy atom. The maximum absolute atomic E-state index is 13.5. The molecule has 1 aliphatic rings. The molecular formula is C23H20BrNO4S2. The molecule has 1 N–H and O–H groups in total. The van der Waals surface area contributed by atoms with E-state index in [1.165, 1.54) is 28.4 Å². The number of carbonyl (C=O) groups excluding carboxylic acids is 1. The second-order valence-corrected chi connectivity index (χ2v) is 11.3. The minimum atomic E-state index is -4.10. The number of aliphatic hydroxyl groups is 1. The Morgan fingerprint density at radius 3 is 2.16 bits per heavy atom. The van der Waals surface area contributed by atoms with E-state index in [2.05, 4.69) is 15.9 Å². The number of sulfone groups is 1. The summed E-state index contributed by atoms with van der Waals surface area (Å²) in [6, 6.07) is 14.9. The van der Waals surface area contributed by atoms with E-state index in [1.54, 1.807) is 18.2 Å². The third kappa shape index (κ3) is 4.07. The van der Waals surface area contributed by atoms with E-state index in [1.807, 2.05) is 43.5 Å². The van der Waals surface area contributed by atoms with Crippen LogP contribution in [0.15, 0.2) is 80.0 Å². The highest BCUT2D eigenvalue weighted by Gasteiger charge is 2.47. The zero-order valence-electron chi connectivity index (χ0n) is 16.9. The Morgan fingerprint density at radius 2 is 1.61 bits per heavy atom. The van der Waals surface area contributed by atoms with Crippen LogP contribution in [0.3, 0.4) is 0 Å². The summed E-state index contributed by atoms with van der Waals surface area (Å²) >= 11 is 4.74. The van der Waals surface area contributed by atoms with Crippen molar-refractivity contribution in [3.8, 4) is 0 Å². The maximum Gasteiger partial charge on any atom is 0.290 e. The van der Waals surface area contributed by atoms with E-state index in [9.17, 15) is 18.3 Å². The van der Waals surface area contributed by atoms with Crippen molar-refractivity contribution in [2.75, 3.05) is 0 Å². The van der Waals surface area contributed by atoms with E-state index in [0.29, 0.717) is 4.88 Å². The lowest BCUT2D eigenvalue weighted by atomic mass is 10.1. The molecule has 0 saturated carbocycles. The fourth-order valence-corrected chi connectivity index (χ4v) is 6.83. The normalized spacial score (nSPS) is 16.9. The van der Waals surface area contributed by atoms with Crippen LogP contribution in [-0.2, 0) is 21.2 Å². The average Bonchev–Trinajstić information content (AvgIpc) is 3.26. The summed E-state index contributed by atoms with van der Waals surface area (Å²) in [4.78, 5) is 14.9. The molecule has 0 radical (unpaired) electrons. The Balaban J connectivity index is 1.83. The molecule has 1 unspecified atom stereocenters. The molecule has 0 saturated heterocycles. The van der Waals surface area contributed by atoms with Gasteiger partial charge in [0.1, 0.15) is 10.9 Å². The average molecular weight is 518 g/mol. The third-order valence-corrected chi connectivity index (χ3v) is 8.84. The SMILES string of the molecule is Cc1ccc(CN2C(=O)C(O)=C(S(=O)(=O)c3ccc(C)cc3)C2c2cc(Br)cs2)cc1. The minimum absolute atomic E-state index is 0.0465. The number of benzene rings is 2. The molecule has 0 bridgehead atoms. The van der Waals surface area contributed by atoms with Gasteiger partial charge in [0, 0.05) is 21.3 Å². The zero-order chi connectivity index (χ0) is 22.3. The second-order valence-electron chi connectivity index (χ2n) is 7.52. The lowest BCUT2D eigenvalue weighted by molar-refractivity contribution is -0.130. The van der Waals surface area contributed by atoms with E-state index in [0.717, 1.165) is 21.2 Å². The predicted molar refractivity (Wildman–Crippen MR) is 125 cm³/mol. The van der Waals surface area contributed by atoms with Gasteiger partial charge >= 0.3 is 0 Å². The molecule has 2 heterocycles. The predicted octanol–water partition coefficient (Wildman–Crippen LogP) is 5.45. The fourth-order valence-electron chi connectivity index (χ4n) is 3.56. The van der Waals surface area contributed by atoms with Gasteiger partial charge < -0.3 is 10.0 Å². The van der Waals surface area contributed by atoms with Crippen LogP contribution in [0.2, 0.25) is 0 Å². The largest absolute Gasteiger partial charge is 0.502 e. The van der Waals surface area contributed by atoms with Crippen LogP contribution in [0.5, 0.6) is 0 Å². The van der Waals surface area contributed by atoms with Gasteiger partial charge in [-0.05, 0) is 53.5 Å². The van der Waals surface area contributed by atoms with Gasteiger partial charge in [0.05, 0.1) is 4.90 Å². The summed E-state index contributed by atoms with van der Waals surface area (Å²) in [5.74, 6) is -1.41. The highest BCUT2D eigenvalue weighted by molar-refractivity contribution is 9.10. The van der Waals surface area contributed by atoms with Gasteiger partial charge in [-0.1, -0.05) is 47.5 Å². The number of carbonyl (C=O) groups is 1. The van der Waals surface area contributed by atoms with Crippen LogP contribution < -0.4 is 0 Å². The highest BCUT2D eigenvalue weighted by atomic mass is 79.9. The Hall–Kier alpha value is -2.42. The molecule has 1 atom stereocenters. The first kappa shape index (κ1) is 21.8. The maximum atomic E-state index is 13.5. The van der Waals surface area contributed by atoms with Crippen molar-refractivity contribution in [1.29, 1.82) is 0 Å². The highest BCUT2D eigenvalue weighted by Crippen LogP contribution is 2.45. The Kier molecular flexibility index (Phi) is 5.81. The Bertz CT molecular complexity index is 1280. The first-order valence-electron chi connectivity index (χ1n) is 9.54. The third-order valence-electron chi connectivity index (χ3n) is 5.21. The number of amides is 1. The van der Waals surface area contributed by atoms with Crippen molar-refractivity contribution < 1.29 is 18.3 Å². The zero-order valence-corrected chi connectivity index (χ0v) is 20.1. The molecule has 1 aliphatic heterocycles. The molecule has 1 aromatic heterocycles. The van der Waals surface area contributed by atoms with Gasteiger partial charge in [0.2, 0.25) is 9.84 Å². The summed E-state index contributed by atoms with van der Waals surface area (Å²) in [6.45, 7) is 4.01. The molecule has 3 aromatic rings. The van der Waals surface area contributed by atoms with Gasteiger partial charge in [-0.3, -0.25) is 4.79 Å². The molecule has 4 rings (SSSR count). The monoisotopic (exact) mass is 517 g/mol. The van der Waals surface area contributed by atoms with Crippen LogP contribution in [0.4, 0.5) is 0 Å². The van der Waals surface area contributed by atoms with Crippen molar-refractivity contribution in [2.24, 2.45) is 0 Å². The molecular weight excluding hydrogens is 498 g/mol. The van der Waals surface area contributed by atoms with Gasteiger partial charge in [-0.25, -0.2) is 8.42 Å². The number of aryl methyl sites for hydroxylation is 2. The van der Waals surface area contributed by atoms with Crippen LogP contribution in [0, 0.1) is 13.8 Å². The number of halogens is 1. The summed E-state index contributed by atoms with van der Waals surface area (Å²) < 4.78 is 27.8. The summed E-state index contributed by atoms with van der Waals surface area (Å²) in [7, 11) is -4.10. The van der Waals surface area contributed by atoms with E-state index < -0.39 is 27.5 Å². The number of rotatable bonds is 5. The van der Waals surface area contributed by atoms with Gasteiger partial charge in [-0.15, -0.1) is 11.3 Å². The topological polar surface area (TPSA) is 74.7 Å².